The van der Waals surface area contributed by atoms with Gasteiger partial charge in [0.1, 0.15) is 0 Å². The molecule has 15 heavy (non-hydrogen) atoms. The SMILES string of the molecule is C1CN=NC1.c1ccc2ncccc2c1. The summed E-state index contributed by atoms with van der Waals surface area (Å²) >= 11 is 0. The molecule has 0 atom stereocenters. The molecule has 0 fully saturated rings. The molecule has 0 bridgehead atoms. The van der Waals surface area contributed by atoms with Crippen molar-refractivity contribution in [2.45, 2.75) is 6.42 Å². The van der Waals surface area contributed by atoms with Crippen LogP contribution in [0.5, 0.6) is 0 Å². The van der Waals surface area contributed by atoms with Crippen molar-refractivity contribution in [2.75, 3.05) is 13.1 Å². The standard InChI is InChI=1S/C9H7N.C3H6N2/c1-2-6-9-8(4-1)5-3-7-10-9;1-2-4-5-3-1/h1-7H;1-3H2. The molecule has 0 aliphatic carbocycles. The monoisotopic (exact) mass is 199 g/mol. The van der Waals surface area contributed by atoms with Crippen molar-refractivity contribution in [1.29, 1.82) is 0 Å². The van der Waals surface area contributed by atoms with Crippen LogP contribution < -0.4 is 0 Å². The molecule has 1 aliphatic heterocycles. The molecule has 0 spiro atoms. The van der Waals surface area contributed by atoms with E-state index in [1.165, 1.54) is 11.8 Å². The summed E-state index contributed by atoms with van der Waals surface area (Å²) in [4.78, 5) is 4.18. The smallest absolute Gasteiger partial charge is 0.0701 e. The van der Waals surface area contributed by atoms with Crippen LogP contribution in [-0.2, 0) is 0 Å². The number of para-hydroxylation sites is 1. The van der Waals surface area contributed by atoms with Crippen LogP contribution in [0.2, 0.25) is 0 Å². The van der Waals surface area contributed by atoms with E-state index in [-0.39, 0.29) is 0 Å². The Bertz CT molecular complexity index is 380. The molecule has 0 amide bonds. The second kappa shape index (κ2) is 5.20. The molecular weight excluding hydrogens is 186 g/mol. The van der Waals surface area contributed by atoms with Crippen LogP contribution in [0.1, 0.15) is 6.42 Å². The first-order valence-corrected chi connectivity index (χ1v) is 5.10. The van der Waals surface area contributed by atoms with Crippen molar-refractivity contribution in [3.05, 3.63) is 42.6 Å². The summed E-state index contributed by atoms with van der Waals surface area (Å²) in [5.74, 6) is 0. The van der Waals surface area contributed by atoms with E-state index in [0.717, 1.165) is 18.6 Å². The first-order valence-electron chi connectivity index (χ1n) is 5.10. The number of aromatic nitrogens is 1. The molecule has 1 aromatic heterocycles. The first-order chi connectivity index (χ1) is 7.47. The maximum Gasteiger partial charge on any atom is 0.0701 e. The van der Waals surface area contributed by atoms with E-state index < -0.39 is 0 Å². The predicted octanol–water partition coefficient (Wildman–Crippen LogP) is 3.08. The summed E-state index contributed by atoms with van der Waals surface area (Å²) in [6.45, 7) is 1.92. The number of fused-ring (bicyclic) bond motifs is 1. The summed E-state index contributed by atoms with van der Waals surface area (Å²) < 4.78 is 0. The van der Waals surface area contributed by atoms with Crippen molar-refractivity contribution in [3.63, 3.8) is 0 Å². The van der Waals surface area contributed by atoms with Crippen LogP contribution in [0.4, 0.5) is 0 Å². The Morgan fingerprint density at radius 3 is 2.27 bits per heavy atom. The fourth-order valence-electron chi connectivity index (χ4n) is 1.37. The van der Waals surface area contributed by atoms with E-state index in [1.54, 1.807) is 0 Å². The van der Waals surface area contributed by atoms with Gasteiger partial charge in [-0.15, -0.1) is 0 Å². The molecule has 0 saturated heterocycles. The molecule has 0 radical (unpaired) electrons. The Hall–Kier alpha value is -1.77. The van der Waals surface area contributed by atoms with Gasteiger partial charge in [-0.05, 0) is 18.6 Å². The first kappa shape index (κ1) is 9.77. The zero-order chi connectivity index (χ0) is 10.3. The van der Waals surface area contributed by atoms with E-state index in [9.17, 15) is 0 Å². The topological polar surface area (TPSA) is 37.6 Å². The highest BCUT2D eigenvalue weighted by molar-refractivity contribution is 5.77. The molecule has 76 valence electrons. The fraction of sp³-hybridized carbons (Fsp3) is 0.250. The molecule has 2 aromatic rings. The van der Waals surface area contributed by atoms with E-state index in [0.29, 0.717) is 0 Å². The van der Waals surface area contributed by atoms with Crippen LogP contribution in [0.15, 0.2) is 52.8 Å². The fourth-order valence-corrected chi connectivity index (χ4v) is 1.37. The molecular formula is C12H13N3. The highest BCUT2D eigenvalue weighted by Gasteiger charge is 1.87. The van der Waals surface area contributed by atoms with Crippen LogP contribution in [-0.4, -0.2) is 18.1 Å². The quantitative estimate of drug-likeness (QED) is 0.642. The predicted molar refractivity (Wildman–Crippen MR) is 61.0 cm³/mol. The lowest BCUT2D eigenvalue weighted by Gasteiger charge is -1.91. The number of pyridine rings is 1. The molecule has 3 rings (SSSR count). The average molecular weight is 199 g/mol. The minimum Gasteiger partial charge on any atom is -0.256 e. The summed E-state index contributed by atoms with van der Waals surface area (Å²) in [6.07, 6.45) is 2.97. The normalized spacial score (nSPS) is 13.6. The molecule has 1 aromatic carbocycles. The lowest BCUT2D eigenvalue weighted by atomic mass is 10.2. The van der Waals surface area contributed by atoms with Gasteiger partial charge < -0.3 is 0 Å². The Labute approximate surface area is 88.9 Å². The van der Waals surface area contributed by atoms with Gasteiger partial charge in [0.25, 0.3) is 0 Å². The third kappa shape index (κ3) is 2.84. The largest absolute Gasteiger partial charge is 0.256 e. The summed E-state index contributed by atoms with van der Waals surface area (Å²) in [7, 11) is 0. The Morgan fingerprint density at radius 1 is 0.867 bits per heavy atom. The lowest BCUT2D eigenvalue weighted by molar-refractivity contribution is 0.979. The molecule has 0 unspecified atom stereocenters. The number of hydrogen-bond donors (Lipinski definition) is 0. The van der Waals surface area contributed by atoms with Gasteiger partial charge in [-0.25, -0.2) is 0 Å². The number of nitrogens with zero attached hydrogens (tertiary/aromatic N) is 3. The van der Waals surface area contributed by atoms with Crippen LogP contribution in [0.25, 0.3) is 10.9 Å². The van der Waals surface area contributed by atoms with Gasteiger partial charge in [0, 0.05) is 11.6 Å². The van der Waals surface area contributed by atoms with Gasteiger partial charge in [0.05, 0.1) is 18.6 Å². The summed E-state index contributed by atoms with van der Waals surface area (Å²) in [5, 5.41) is 8.62. The summed E-state index contributed by atoms with van der Waals surface area (Å²) in [6, 6.07) is 12.1. The van der Waals surface area contributed by atoms with Gasteiger partial charge >= 0.3 is 0 Å². The zero-order valence-corrected chi connectivity index (χ0v) is 8.50. The van der Waals surface area contributed by atoms with E-state index in [4.69, 9.17) is 0 Å². The molecule has 0 N–H and O–H groups in total. The number of azo groups is 1. The van der Waals surface area contributed by atoms with Gasteiger partial charge in [-0.1, -0.05) is 24.3 Å². The molecule has 1 aliphatic rings. The molecule has 0 saturated carbocycles. The highest BCUT2D eigenvalue weighted by Crippen LogP contribution is 2.07. The Kier molecular flexibility index (Phi) is 3.38. The molecule has 3 nitrogen and oxygen atoms in total. The third-order valence-electron chi connectivity index (χ3n) is 2.13. The minimum absolute atomic E-state index is 0.958. The van der Waals surface area contributed by atoms with Gasteiger partial charge in [0.2, 0.25) is 0 Å². The van der Waals surface area contributed by atoms with Gasteiger partial charge in [0.15, 0.2) is 0 Å². The van der Waals surface area contributed by atoms with Crippen molar-refractivity contribution in [1.82, 2.24) is 4.98 Å². The lowest BCUT2D eigenvalue weighted by Crippen LogP contribution is -1.73. The van der Waals surface area contributed by atoms with Gasteiger partial charge in [-0.2, -0.15) is 10.2 Å². The number of benzene rings is 1. The minimum atomic E-state index is 0.958. The van der Waals surface area contributed by atoms with Crippen LogP contribution >= 0.6 is 0 Å². The maximum absolute atomic E-state index is 4.18. The Balaban J connectivity index is 0.000000144. The second-order valence-electron chi connectivity index (χ2n) is 3.28. The summed E-state index contributed by atoms with van der Waals surface area (Å²) in [5.41, 5.74) is 1.06. The third-order valence-corrected chi connectivity index (χ3v) is 2.13. The Morgan fingerprint density at radius 2 is 1.60 bits per heavy atom. The van der Waals surface area contributed by atoms with Crippen LogP contribution in [0, 0.1) is 0 Å². The molecule has 2 heterocycles. The van der Waals surface area contributed by atoms with Crippen molar-refractivity contribution in [2.24, 2.45) is 10.2 Å². The van der Waals surface area contributed by atoms with Gasteiger partial charge in [-0.3, -0.25) is 4.98 Å². The van der Waals surface area contributed by atoms with E-state index in [1.807, 2.05) is 30.5 Å². The second-order valence-corrected chi connectivity index (χ2v) is 3.28. The van der Waals surface area contributed by atoms with Crippen molar-refractivity contribution in [3.8, 4) is 0 Å². The molecule has 3 heteroatoms. The average Bonchev–Trinajstić information content (AvgIpc) is 2.88. The van der Waals surface area contributed by atoms with Crippen LogP contribution in [0.3, 0.4) is 0 Å². The maximum atomic E-state index is 4.18. The number of rotatable bonds is 0. The highest BCUT2D eigenvalue weighted by atomic mass is 15.1. The van der Waals surface area contributed by atoms with E-state index >= 15 is 0 Å². The zero-order valence-electron chi connectivity index (χ0n) is 8.50. The van der Waals surface area contributed by atoms with Crippen molar-refractivity contribution < 1.29 is 0 Å². The number of hydrogen-bond acceptors (Lipinski definition) is 3. The van der Waals surface area contributed by atoms with E-state index in [2.05, 4.69) is 27.3 Å². The van der Waals surface area contributed by atoms with Crippen molar-refractivity contribution >= 4 is 10.9 Å².